The third-order valence-corrected chi connectivity index (χ3v) is 3.62. The zero-order valence-electron chi connectivity index (χ0n) is 10.9. The molecule has 1 saturated heterocycles. The van der Waals surface area contributed by atoms with Gasteiger partial charge < -0.3 is 4.90 Å². The Morgan fingerprint density at radius 2 is 1.88 bits per heavy atom. The molecule has 17 heavy (non-hydrogen) atoms. The second-order valence-electron chi connectivity index (χ2n) is 5.26. The minimum absolute atomic E-state index is 0.0280. The molecule has 0 bridgehead atoms. The molecule has 0 aromatic heterocycles. The smallest absolute Gasteiger partial charge is 0.108 e. The van der Waals surface area contributed by atoms with Gasteiger partial charge in [0.2, 0.25) is 0 Å². The maximum Gasteiger partial charge on any atom is 0.108 e. The van der Waals surface area contributed by atoms with E-state index in [2.05, 4.69) is 28.1 Å². The Morgan fingerprint density at radius 3 is 2.41 bits per heavy atom. The number of hydrogen-bond donors (Lipinski definition) is 1. The SMILES string of the molecule is CCCN1CCN(CC(C#N)NC2CC2)CC1. The summed E-state index contributed by atoms with van der Waals surface area (Å²) in [6.45, 7) is 8.90. The van der Waals surface area contributed by atoms with Crippen LogP contribution in [-0.2, 0) is 0 Å². The highest BCUT2D eigenvalue weighted by atomic mass is 15.3. The summed E-state index contributed by atoms with van der Waals surface area (Å²) in [7, 11) is 0. The molecular formula is C13H24N4. The van der Waals surface area contributed by atoms with Gasteiger partial charge in [-0.05, 0) is 25.8 Å². The lowest BCUT2D eigenvalue weighted by molar-refractivity contribution is 0.128. The number of rotatable bonds is 6. The predicted octanol–water partition coefficient (Wildman–Crippen LogP) is 0.658. The van der Waals surface area contributed by atoms with Gasteiger partial charge >= 0.3 is 0 Å². The van der Waals surface area contributed by atoms with Crippen molar-refractivity contribution in [2.75, 3.05) is 39.3 Å². The molecule has 0 amide bonds. The van der Waals surface area contributed by atoms with Crippen LogP contribution in [-0.4, -0.2) is 61.2 Å². The van der Waals surface area contributed by atoms with E-state index in [4.69, 9.17) is 5.26 Å². The summed E-state index contributed by atoms with van der Waals surface area (Å²) >= 11 is 0. The highest BCUT2D eigenvalue weighted by Gasteiger charge is 2.26. The highest BCUT2D eigenvalue weighted by molar-refractivity contribution is 4.97. The summed E-state index contributed by atoms with van der Waals surface area (Å²) in [4.78, 5) is 4.95. The van der Waals surface area contributed by atoms with Gasteiger partial charge in [-0.15, -0.1) is 0 Å². The third-order valence-electron chi connectivity index (χ3n) is 3.62. The van der Waals surface area contributed by atoms with Gasteiger partial charge in [0, 0.05) is 38.8 Å². The van der Waals surface area contributed by atoms with E-state index in [-0.39, 0.29) is 6.04 Å². The number of nitrogens with one attached hydrogen (secondary N) is 1. The van der Waals surface area contributed by atoms with Crippen LogP contribution in [0.15, 0.2) is 0 Å². The van der Waals surface area contributed by atoms with E-state index in [0.29, 0.717) is 6.04 Å². The Labute approximate surface area is 105 Å². The van der Waals surface area contributed by atoms with Crippen molar-refractivity contribution >= 4 is 0 Å². The van der Waals surface area contributed by atoms with Crippen molar-refractivity contribution in [3.8, 4) is 6.07 Å². The van der Waals surface area contributed by atoms with Crippen molar-refractivity contribution in [3.05, 3.63) is 0 Å². The molecule has 4 nitrogen and oxygen atoms in total. The number of hydrogen-bond acceptors (Lipinski definition) is 4. The fourth-order valence-electron chi connectivity index (χ4n) is 2.44. The molecule has 1 saturated carbocycles. The van der Waals surface area contributed by atoms with Gasteiger partial charge in [-0.25, -0.2) is 0 Å². The number of nitrogens with zero attached hydrogens (tertiary/aromatic N) is 3. The van der Waals surface area contributed by atoms with E-state index in [0.717, 1.165) is 32.7 Å². The van der Waals surface area contributed by atoms with Gasteiger partial charge in [0.15, 0.2) is 0 Å². The summed E-state index contributed by atoms with van der Waals surface area (Å²) in [5, 5.41) is 12.5. The zero-order valence-corrected chi connectivity index (χ0v) is 10.9. The van der Waals surface area contributed by atoms with E-state index >= 15 is 0 Å². The van der Waals surface area contributed by atoms with Crippen molar-refractivity contribution in [2.24, 2.45) is 0 Å². The molecule has 1 N–H and O–H groups in total. The lowest BCUT2D eigenvalue weighted by atomic mass is 10.2. The fraction of sp³-hybridized carbons (Fsp3) is 0.923. The van der Waals surface area contributed by atoms with Crippen molar-refractivity contribution in [1.29, 1.82) is 5.26 Å². The van der Waals surface area contributed by atoms with Crippen LogP contribution in [0.4, 0.5) is 0 Å². The van der Waals surface area contributed by atoms with Gasteiger partial charge in [0.1, 0.15) is 6.04 Å². The van der Waals surface area contributed by atoms with Gasteiger partial charge in [-0.2, -0.15) is 5.26 Å². The Morgan fingerprint density at radius 1 is 1.24 bits per heavy atom. The molecule has 96 valence electrons. The van der Waals surface area contributed by atoms with Gasteiger partial charge in [0.25, 0.3) is 0 Å². The van der Waals surface area contributed by atoms with Gasteiger partial charge in [-0.1, -0.05) is 6.92 Å². The highest BCUT2D eigenvalue weighted by Crippen LogP contribution is 2.19. The summed E-state index contributed by atoms with van der Waals surface area (Å²) in [5.74, 6) is 0. The van der Waals surface area contributed by atoms with Crippen LogP contribution in [0.25, 0.3) is 0 Å². The molecule has 0 radical (unpaired) electrons. The first-order valence-corrected chi connectivity index (χ1v) is 6.92. The Hall–Kier alpha value is -0.630. The lowest BCUT2D eigenvalue weighted by Gasteiger charge is -2.35. The second-order valence-corrected chi connectivity index (χ2v) is 5.26. The molecular weight excluding hydrogens is 212 g/mol. The molecule has 0 spiro atoms. The molecule has 0 aromatic rings. The lowest BCUT2D eigenvalue weighted by Crippen LogP contribution is -2.50. The zero-order chi connectivity index (χ0) is 12.1. The van der Waals surface area contributed by atoms with Crippen molar-refractivity contribution < 1.29 is 0 Å². The molecule has 1 atom stereocenters. The average molecular weight is 236 g/mol. The van der Waals surface area contributed by atoms with E-state index in [9.17, 15) is 0 Å². The van der Waals surface area contributed by atoms with Gasteiger partial charge in [-0.3, -0.25) is 10.2 Å². The molecule has 1 heterocycles. The molecule has 0 aromatic carbocycles. The van der Waals surface area contributed by atoms with Crippen molar-refractivity contribution in [2.45, 2.75) is 38.3 Å². The largest absolute Gasteiger partial charge is 0.301 e. The molecule has 1 unspecified atom stereocenters. The third kappa shape index (κ3) is 4.27. The van der Waals surface area contributed by atoms with E-state index in [1.165, 1.54) is 25.8 Å². The fourth-order valence-corrected chi connectivity index (χ4v) is 2.44. The number of piperazine rings is 1. The van der Waals surface area contributed by atoms with Crippen LogP contribution in [0.5, 0.6) is 0 Å². The summed E-state index contributed by atoms with van der Waals surface area (Å²) in [6, 6.07) is 3.04. The predicted molar refractivity (Wildman–Crippen MR) is 68.7 cm³/mol. The van der Waals surface area contributed by atoms with Crippen LogP contribution >= 0.6 is 0 Å². The van der Waals surface area contributed by atoms with E-state index in [1.54, 1.807) is 0 Å². The Balaban J connectivity index is 1.67. The normalized spacial score (nSPS) is 24.5. The minimum Gasteiger partial charge on any atom is -0.301 e. The Kier molecular flexibility index (Phi) is 4.78. The van der Waals surface area contributed by atoms with E-state index in [1.807, 2.05) is 0 Å². The first kappa shape index (κ1) is 12.8. The maximum absolute atomic E-state index is 9.12. The van der Waals surface area contributed by atoms with Crippen LogP contribution in [0, 0.1) is 11.3 Å². The Bertz CT molecular complexity index is 261. The first-order valence-electron chi connectivity index (χ1n) is 6.92. The maximum atomic E-state index is 9.12. The topological polar surface area (TPSA) is 42.3 Å². The quantitative estimate of drug-likeness (QED) is 0.735. The van der Waals surface area contributed by atoms with Crippen LogP contribution in [0.1, 0.15) is 26.2 Å². The van der Waals surface area contributed by atoms with E-state index < -0.39 is 0 Å². The summed E-state index contributed by atoms with van der Waals surface area (Å²) in [6.07, 6.45) is 3.75. The van der Waals surface area contributed by atoms with Crippen LogP contribution < -0.4 is 5.32 Å². The molecule has 1 aliphatic carbocycles. The molecule has 2 aliphatic rings. The summed E-state index contributed by atoms with van der Waals surface area (Å²) < 4.78 is 0. The minimum atomic E-state index is 0.0280. The monoisotopic (exact) mass is 236 g/mol. The summed E-state index contributed by atoms with van der Waals surface area (Å²) in [5.41, 5.74) is 0. The number of nitriles is 1. The standard InChI is InChI=1S/C13H24N4/c1-2-5-16-6-8-17(9-7-16)11-13(10-14)15-12-3-4-12/h12-13,15H,2-9,11H2,1H3. The first-order chi connectivity index (χ1) is 8.31. The van der Waals surface area contributed by atoms with Gasteiger partial charge in [0.05, 0.1) is 6.07 Å². The van der Waals surface area contributed by atoms with Crippen LogP contribution in [0.3, 0.4) is 0 Å². The molecule has 1 aliphatic heterocycles. The molecule has 2 fully saturated rings. The second kappa shape index (κ2) is 6.34. The average Bonchev–Trinajstić information content (AvgIpc) is 3.15. The van der Waals surface area contributed by atoms with Crippen molar-refractivity contribution in [1.82, 2.24) is 15.1 Å². The van der Waals surface area contributed by atoms with Crippen molar-refractivity contribution in [3.63, 3.8) is 0 Å². The molecule has 2 rings (SSSR count). The molecule has 4 heteroatoms. The van der Waals surface area contributed by atoms with Crippen LogP contribution in [0.2, 0.25) is 0 Å².